The zero-order chi connectivity index (χ0) is 22.4. The molecule has 0 unspecified atom stereocenters. The van der Waals surface area contributed by atoms with Gasteiger partial charge >= 0.3 is 0 Å². The van der Waals surface area contributed by atoms with Crippen LogP contribution in [0.25, 0.3) is 10.9 Å². The number of benzene rings is 2. The topological polar surface area (TPSA) is 88.6 Å². The van der Waals surface area contributed by atoms with Gasteiger partial charge in [0.15, 0.2) is 0 Å². The van der Waals surface area contributed by atoms with Gasteiger partial charge in [-0.2, -0.15) is 0 Å². The first-order valence-electron chi connectivity index (χ1n) is 11.0. The van der Waals surface area contributed by atoms with Crippen LogP contribution in [0, 0.1) is 0 Å². The van der Waals surface area contributed by atoms with Crippen molar-refractivity contribution in [3.05, 3.63) is 65.4 Å². The molecule has 0 aliphatic rings. The normalized spacial score (nSPS) is 13.3. The number of aromatic nitrogens is 1. The van der Waals surface area contributed by atoms with E-state index in [0.29, 0.717) is 13.0 Å². The van der Waals surface area contributed by atoms with Crippen LogP contribution in [0.4, 0.5) is 0 Å². The average Bonchev–Trinajstić information content (AvgIpc) is 3.18. The fourth-order valence-corrected chi connectivity index (χ4v) is 3.99. The molecule has 2 atom stereocenters. The number of likely N-dealkylation sites (N-methyl/N-ethyl adjacent to an activating group) is 1. The third-order valence-electron chi connectivity index (χ3n) is 5.91. The van der Waals surface area contributed by atoms with Crippen LogP contribution in [0.5, 0.6) is 5.75 Å². The molecule has 6 heteroatoms. The highest BCUT2D eigenvalue weighted by Gasteiger charge is 2.17. The van der Waals surface area contributed by atoms with Crippen molar-refractivity contribution in [1.29, 1.82) is 0 Å². The molecule has 0 saturated heterocycles. The zero-order valence-corrected chi connectivity index (χ0v) is 18.6. The van der Waals surface area contributed by atoms with Crippen LogP contribution in [0.1, 0.15) is 43.6 Å². The van der Waals surface area contributed by atoms with Gasteiger partial charge in [0.05, 0.1) is 12.5 Å². The van der Waals surface area contributed by atoms with Gasteiger partial charge in [0, 0.05) is 36.2 Å². The quantitative estimate of drug-likeness (QED) is 0.402. The molecule has 31 heavy (non-hydrogen) atoms. The van der Waals surface area contributed by atoms with Crippen LogP contribution in [0.2, 0.25) is 0 Å². The molecule has 3 aromatic rings. The number of aliphatic hydroxyl groups excluding tert-OH is 1. The number of fused-ring (bicyclic) bond motifs is 1. The fourth-order valence-electron chi connectivity index (χ4n) is 3.99. The van der Waals surface area contributed by atoms with Gasteiger partial charge in [-0.15, -0.1) is 0 Å². The van der Waals surface area contributed by atoms with Crippen molar-refractivity contribution in [3.63, 3.8) is 0 Å². The van der Waals surface area contributed by atoms with Gasteiger partial charge < -0.3 is 25.4 Å². The molecule has 0 radical (unpaired) electrons. The number of aliphatic hydroxyl groups is 1. The number of phenolic OH excluding ortho intramolecular Hbond substituents is 1. The Balaban J connectivity index is 1.62. The van der Waals surface area contributed by atoms with E-state index < -0.39 is 6.10 Å². The first-order chi connectivity index (χ1) is 14.9. The first kappa shape index (κ1) is 22.8. The van der Waals surface area contributed by atoms with Crippen molar-refractivity contribution in [1.82, 2.24) is 15.2 Å². The number of nitrogens with one attached hydrogen (secondary N) is 2. The molecular weight excluding hydrogens is 390 g/mol. The molecule has 1 aromatic heterocycles. The second-order valence-electron chi connectivity index (χ2n) is 7.93. The maximum absolute atomic E-state index is 12.5. The summed E-state index contributed by atoms with van der Waals surface area (Å²) in [4.78, 5) is 17.7. The second-order valence-corrected chi connectivity index (χ2v) is 7.93. The molecular formula is C25H33N3O3. The molecule has 1 heterocycles. The summed E-state index contributed by atoms with van der Waals surface area (Å²) in [7, 11) is 0. The zero-order valence-electron chi connectivity index (χ0n) is 18.6. The lowest BCUT2D eigenvalue weighted by Gasteiger charge is -2.20. The van der Waals surface area contributed by atoms with E-state index in [4.69, 9.17) is 0 Å². The minimum Gasteiger partial charge on any atom is -0.508 e. The van der Waals surface area contributed by atoms with Gasteiger partial charge in [0.1, 0.15) is 5.75 Å². The van der Waals surface area contributed by atoms with E-state index in [-0.39, 0.29) is 17.7 Å². The average molecular weight is 424 g/mol. The summed E-state index contributed by atoms with van der Waals surface area (Å²) >= 11 is 0. The van der Waals surface area contributed by atoms with Crippen LogP contribution < -0.4 is 5.32 Å². The Morgan fingerprint density at radius 2 is 1.81 bits per heavy atom. The van der Waals surface area contributed by atoms with Crippen LogP contribution in [-0.4, -0.2) is 51.7 Å². The lowest BCUT2D eigenvalue weighted by Crippen LogP contribution is -2.33. The van der Waals surface area contributed by atoms with Crippen LogP contribution in [0.3, 0.4) is 0 Å². The van der Waals surface area contributed by atoms with E-state index in [0.717, 1.165) is 41.5 Å². The van der Waals surface area contributed by atoms with Crippen LogP contribution in [-0.2, 0) is 17.6 Å². The SMILES string of the molecule is CCN(CC)C(=O)Cc1cccc2c(CCN[C@@H](C)[C@H](O)c3ccc(O)cc3)c[nH]c12. The van der Waals surface area contributed by atoms with Gasteiger partial charge in [0.2, 0.25) is 5.91 Å². The second kappa shape index (κ2) is 10.5. The lowest BCUT2D eigenvalue weighted by molar-refractivity contribution is -0.130. The van der Waals surface area contributed by atoms with Crippen LogP contribution in [0.15, 0.2) is 48.7 Å². The van der Waals surface area contributed by atoms with Crippen LogP contribution >= 0.6 is 0 Å². The number of carbonyl (C=O) groups excluding carboxylic acids is 1. The first-order valence-corrected chi connectivity index (χ1v) is 11.0. The standard InChI is InChI=1S/C25H33N3O3/c1-4-28(5-2)23(30)15-19-7-6-8-22-20(16-27-24(19)22)13-14-26-17(3)25(31)18-9-11-21(29)12-10-18/h6-12,16-17,25-27,29,31H,4-5,13-15H2,1-3H3/t17-,25-/m0/s1. The Bertz CT molecular complexity index is 993. The highest BCUT2D eigenvalue weighted by molar-refractivity contribution is 5.90. The summed E-state index contributed by atoms with van der Waals surface area (Å²) in [6.07, 6.45) is 2.56. The summed E-state index contributed by atoms with van der Waals surface area (Å²) in [5.74, 6) is 0.335. The number of aromatic hydroxyl groups is 1. The number of phenols is 1. The van der Waals surface area contributed by atoms with Gasteiger partial charge in [-0.3, -0.25) is 4.79 Å². The van der Waals surface area contributed by atoms with E-state index in [1.54, 1.807) is 24.3 Å². The summed E-state index contributed by atoms with van der Waals surface area (Å²) in [5.41, 5.74) is 4.00. The number of amides is 1. The predicted molar refractivity (Wildman–Crippen MR) is 124 cm³/mol. The molecule has 0 fully saturated rings. The van der Waals surface area contributed by atoms with E-state index in [1.807, 2.05) is 44.0 Å². The molecule has 2 aromatic carbocycles. The van der Waals surface area contributed by atoms with E-state index in [1.165, 1.54) is 5.56 Å². The van der Waals surface area contributed by atoms with Gasteiger partial charge in [-0.1, -0.05) is 30.3 Å². The number of para-hydroxylation sites is 1. The highest BCUT2D eigenvalue weighted by Crippen LogP contribution is 2.24. The minimum absolute atomic E-state index is 0.128. The molecule has 0 aliphatic heterocycles. The number of H-pyrrole nitrogens is 1. The molecule has 1 amide bonds. The fraction of sp³-hybridized carbons (Fsp3) is 0.400. The molecule has 0 aliphatic carbocycles. The van der Waals surface area contributed by atoms with Crippen molar-refractivity contribution in [2.24, 2.45) is 0 Å². The molecule has 0 spiro atoms. The van der Waals surface area contributed by atoms with Gasteiger partial charge in [0.25, 0.3) is 0 Å². The van der Waals surface area contributed by atoms with Crippen molar-refractivity contribution in [3.8, 4) is 5.75 Å². The van der Waals surface area contributed by atoms with E-state index in [2.05, 4.69) is 16.4 Å². The molecule has 166 valence electrons. The van der Waals surface area contributed by atoms with E-state index in [9.17, 15) is 15.0 Å². The maximum Gasteiger partial charge on any atom is 0.227 e. The number of hydrogen-bond acceptors (Lipinski definition) is 4. The van der Waals surface area contributed by atoms with Gasteiger partial charge in [-0.05, 0) is 62.6 Å². The van der Waals surface area contributed by atoms with Crippen molar-refractivity contribution in [2.45, 2.75) is 45.8 Å². The molecule has 0 saturated carbocycles. The summed E-state index contributed by atoms with van der Waals surface area (Å²) in [5, 5.41) is 24.5. The van der Waals surface area contributed by atoms with Gasteiger partial charge in [-0.25, -0.2) is 0 Å². The molecule has 3 rings (SSSR count). The Morgan fingerprint density at radius 3 is 2.48 bits per heavy atom. The van der Waals surface area contributed by atoms with E-state index >= 15 is 0 Å². The Labute approximate surface area is 183 Å². The number of nitrogens with zero attached hydrogens (tertiary/aromatic N) is 1. The molecule has 0 bridgehead atoms. The minimum atomic E-state index is -0.652. The number of aromatic amines is 1. The third-order valence-corrected chi connectivity index (χ3v) is 5.91. The van der Waals surface area contributed by atoms with Crippen molar-refractivity contribution < 1.29 is 15.0 Å². The number of hydrogen-bond donors (Lipinski definition) is 4. The number of carbonyl (C=O) groups is 1. The lowest BCUT2D eigenvalue weighted by atomic mass is 10.0. The summed E-state index contributed by atoms with van der Waals surface area (Å²) in [6, 6.07) is 12.6. The largest absolute Gasteiger partial charge is 0.508 e. The van der Waals surface area contributed by atoms with Crippen molar-refractivity contribution >= 4 is 16.8 Å². The summed E-state index contributed by atoms with van der Waals surface area (Å²) < 4.78 is 0. The Hall–Kier alpha value is -2.83. The maximum atomic E-state index is 12.5. The predicted octanol–water partition coefficient (Wildman–Crippen LogP) is 3.54. The molecule has 4 N–H and O–H groups in total. The monoisotopic (exact) mass is 423 g/mol. The third kappa shape index (κ3) is 5.46. The smallest absolute Gasteiger partial charge is 0.227 e. The summed E-state index contributed by atoms with van der Waals surface area (Å²) in [6.45, 7) is 8.11. The Morgan fingerprint density at radius 1 is 1.10 bits per heavy atom. The number of rotatable bonds is 10. The molecule has 6 nitrogen and oxygen atoms in total. The highest BCUT2D eigenvalue weighted by atomic mass is 16.3. The van der Waals surface area contributed by atoms with Crippen molar-refractivity contribution in [2.75, 3.05) is 19.6 Å². The Kier molecular flexibility index (Phi) is 7.71.